The van der Waals surface area contributed by atoms with Gasteiger partial charge in [-0.1, -0.05) is 28.1 Å². The number of benzene rings is 1. The molecular weight excluding hydrogens is 382 g/mol. The molecule has 2 aromatic rings. The molecule has 1 aliphatic heterocycles. The smallest absolute Gasteiger partial charge is 0.123 e. The first kappa shape index (κ1) is 17.9. The van der Waals surface area contributed by atoms with Crippen molar-refractivity contribution in [1.29, 1.82) is 0 Å². The summed E-state index contributed by atoms with van der Waals surface area (Å²) in [6, 6.07) is 9.00. The van der Waals surface area contributed by atoms with Gasteiger partial charge >= 0.3 is 0 Å². The second-order valence-corrected chi connectivity index (χ2v) is 7.53. The van der Waals surface area contributed by atoms with E-state index >= 15 is 0 Å². The fraction of sp³-hybridized carbons (Fsp3) is 0.438. The monoisotopic (exact) mass is 401 g/mol. The van der Waals surface area contributed by atoms with Crippen LogP contribution in [0.25, 0.3) is 10.6 Å². The first-order valence-electron chi connectivity index (χ1n) is 7.35. The molecule has 6 heteroatoms. The van der Waals surface area contributed by atoms with Crippen molar-refractivity contribution < 1.29 is 0 Å². The van der Waals surface area contributed by atoms with Crippen molar-refractivity contribution in [2.24, 2.45) is 0 Å². The quantitative estimate of drug-likeness (QED) is 0.831. The van der Waals surface area contributed by atoms with Crippen LogP contribution >= 0.6 is 39.7 Å². The van der Waals surface area contributed by atoms with E-state index in [9.17, 15) is 0 Å². The number of hydrogen-bond acceptors (Lipinski definition) is 4. The number of piperidine rings is 1. The molecule has 120 valence electrons. The first-order valence-corrected chi connectivity index (χ1v) is 8.96. The van der Waals surface area contributed by atoms with Gasteiger partial charge in [-0.25, -0.2) is 4.98 Å². The van der Waals surface area contributed by atoms with Crippen LogP contribution in [-0.2, 0) is 6.54 Å². The van der Waals surface area contributed by atoms with Crippen LogP contribution in [0, 0.1) is 0 Å². The fourth-order valence-electron chi connectivity index (χ4n) is 2.76. The summed E-state index contributed by atoms with van der Waals surface area (Å²) in [6.45, 7) is 3.36. The number of nitrogens with one attached hydrogen (secondary N) is 1. The Morgan fingerprint density at radius 1 is 1.36 bits per heavy atom. The summed E-state index contributed by atoms with van der Waals surface area (Å²) in [5.74, 6) is 0. The van der Waals surface area contributed by atoms with Crippen LogP contribution in [0.3, 0.4) is 0 Å². The molecule has 0 spiro atoms. The summed E-state index contributed by atoms with van der Waals surface area (Å²) in [7, 11) is 2.06. The van der Waals surface area contributed by atoms with Crippen molar-refractivity contribution >= 4 is 39.7 Å². The molecule has 1 atom stereocenters. The first-order chi connectivity index (χ1) is 10.2. The second kappa shape index (κ2) is 8.41. The highest BCUT2D eigenvalue weighted by Crippen LogP contribution is 2.27. The van der Waals surface area contributed by atoms with E-state index in [0.29, 0.717) is 6.04 Å². The molecule has 1 aromatic heterocycles. The predicted octanol–water partition coefficient (Wildman–Crippen LogP) is 4.18. The van der Waals surface area contributed by atoms with Crippen LogP contribution in [0.1, 0.15) is 17.7 Å². The second-order valence-electron chi connectivity index (χ2n) is 5.50. The minimum Gasteiger partial charge on any atom is -0.316 e. The lowest BCUT2D eigenvalue weighted by Crippen LogP contribution is -2.43. The fourth-order valence-corrected chi connectivity index (χ4v) is 3.99. The maximum absolute atomic E-state index is 4.58. The maximum Gasteiger partial charge on any atom is 0.123 e. The lowest BCUT2D eigenvalue weighted by atomic mass is 10.1. The van der Waals surface area contributed by atoms with Gasteiger partial charge < -0.3 is 5.32 Å². The van der Waals surface area contributed by atoms with Crippen LogP contribution in [-0.4, -0.2) is 36.1 Å². The Balaban J connectivity index is 0.00000176. The van der Waals surface area contributed by atoms with Crippen molar-refractivity contribution in [2.75, 3.05) is 20.1 Å². The van der Waals surface area contributed by atoms with Gasteiger partial charge in [-0.3, -0.25) is 4.90 Å². The normalized spacial score (nSPS) is 18.9. The Kier molecular flexibility index (Phi) is 6.84. The molecule has 1 N–H and O–H groups in total. The molecule has 1 fully saturated rings. The van der Waals surface area contributed by atoms with Crippen LogP contribution < -0.4 is 5.32 Å². The van der Waals surface area contributed by atoms with Crippen LogP contribution in [0.4, 0.5) is 0 Å². The summed E-state index contributed by atoms with van der Waals surface area (Å²) in [5.41, 5.74) is 1.20. The number of likely N-dealkylation sites (N-methyl/N-ethyl adjacent to an activating group) is 1. The molecule has 1 unspecified atom stereocenters. The minimum atomic E-state index is 0. The molecule has 0 aliphatic carbocycles. The van der Waals surface area contributed by atoms with Crippen molar-refractivity contribution in [3.63, 3.8) is 0 Å². The Labute approximate surface area is 150 Å². The molecule has 0 saturated carbocycles. The van der Waals surface area contributed by atoms with Crippen molar-refractivity contribution in [3.8, 4) is 10.6 Å². The van der Waals surface area contributed by atoms with Gasteiger partial charge in [0.25, 0.3) is 0 Å². The number of nitrogens with zero attached hydrogens (tertiary/aromatic N) is 2. The van der Waals surface area contributed by atoms with Gasteiger partial charge in [-0.05, 0) is 38.6 Å². The summed E-state index contributed by atoms with van der Waals surface area (Å²) in [4.78, 5) is 8.46. The molecule has 1 saturated heterocycles. The third kappa shape index (κ3) is 4.52. The lowest BCUT2D eigenvalue weighted by Gasteiger charge is -2.32. The number of likely N-dealkylation sites (tertiary alicyclic amines) is 1. The van der Waals surface area contributed by atoms with E-state index < -0.39 is 0 Å². The highest BCUT2D eigenvalue weighted by atomic mass is 79.9. The Morgan fingerprint density at radius 3 is 2.86 bits per heavy atom. The van der Waals surface area contributed by atoms with Gasteiger partial charge in [0.1, 0.15) is 5.01 Å². The summed E-state index contributed by atoms with van der Waals surface area (Å²) >= 11 is 5.28. The molecule has 3 nitrogen and oxygen atoms in total. The van der Waals surface area contributed by atoms with Gasteiger partial charge in [-0.15, -0.1) is 23.7 Å². The van der Waals surface area contributed by atoms with Gasteiger partial charge in [0.15, 0.2) is 0 Å². The summed E-state index contributed by atoms with van der Waals surface area (Å²) in [5, 5.41) is 4.51. The molecule has 3 rings (SSSR count). The van der Waals surface area contributed by atoms with Crippen molar-refractivity contribution in [3.05, 3.63) is 39.8 Å². The van der Waals surface area contributed by atoms with Crippen LogP contribution in [0.5, 0.6) is 0 Å². The summed E-state index contributed by atoms with van der Waals surface area (Å²) < 4.78 is 1.11. The molecule has 2 heterocycles. The minimum absolute atomic E-state index is 0. The molecule has 22 heavy (non-hydrogen) atoms. The van der Waals surface area contributed by atoms with Gasteiger partial charge in [0, 0.05) is 40.2 Å². The number of rotatable bonds is 4. The molecule has 1 aliphatic rings. The zero-order chi connectivity index (χ0) is 14.7. The SMILES string of the molecule is CNC1CCCN(Cc2cnc(-c3ccc(Br)cc3)s2)C1.Cl. The molecular formula is C16H21BrClN3S. The topological polar surface area (TPSA) is 28.2 Å². The van der Waals surface area contributed by atoms with Crippen molar-refractivity contribution in [1.82, 2.24) is 15.2 Å². The van der Waals surface area contributed by atoms with Gasteiger partial charge in [-0.2, -0.15) is 0 Å². The van der Waals surface area contributed by atoms with E-state index in [1.165, 1.54) is 29.8 Å². The average molecular weight is 403 g/mol. The Morgan fingerprint density at radius 2 is 2.14 bits per heavy atom. The molecule has 0 bridgehead atoms. The number of thiazole rings is 1. The van der Waals surface area contributed by atoms with E-state index in [4.69, 9.17) is 0 Å². The van der Waals surface area contributed by atoms with E-state index in [-0.39, 0.29) is 12.4 Å². The largest absolute Gasteiger partial charge is 0.316 e. The highest BCUT2D eigenvalue weighted by Gasteiger charge is 2.19. The Bertz CT molecular complexity index is 587. The molecule has 0 radical (unpaired) electrons. The molecule has 1 aromatic carbocycles. The number of hydrogen-bond donors (Lipinski definition) is 1. The van der Waals surface area contributed by atoms with E-state index in [1.54, 1.807) is 11.3 Å². The standard InChI is InChI=1S/C16H20BrN3S.ClH/c1-18-14-3-2-8-20(10-14)11-15-9-19-16(21-15)12-4-6-13(17)7-5-12;/h4-7,9,14,18H,2-3,8,10-11H2,1H3;1H. The third-order valence-corrected chi connectivity index (χ3v) is 5.50. The average Bonchev–Trinajstić information content (AvgIpc) is 2.96. The zero-order valence-corrected chi connectivity index (χ0v) is 15.8. The van der Waals surface area contributed by atoms with Crippen molar-refractivity contribution in [2.45, 2.75) is 25.4 Å². The number of halogens is 2. The van der Waals surface area contributed by atoms with E-state index in [2.05, 4.69) is 62.4 Å². The number of aromatic nitrogens is 1. The molecule has 0 amide bonds. The van der Waals surface area contributed by atoms with Gasteiger partial charge in [0.05, 0.1) is 0 Å². The highest BCUT2D eigenvalue weighted by molar-refractivity contribution is 9.10. The predicted molar refractivity (Wildman–Crippen MR) is 99.9 cm³/mol. The van der Waals surface area contributed by atoms with Gasteiger partial charge in [0.2, 0.25) is 0 Å². The van der Waals surface area contributed by atoms with E-state index in [1.807, 2.05) is 6.20 Å². The summed E-state index contributed by atoms with van der Waals surface area (Å²) in [6.07, 6.45) is 4.61. The van der Waals surface area contributed by atoms with Crippen LogP contribution in [0.15, 0.2) is 34.9 Å². The Hall–Kier alpha value is -0.460. The maximum atomic E-state index is 4.58. The van der Waals surface area contributed by atoms with E-state index in [0.717, 1.165) is 22.6 Å². The van der Waals surface area contributed by atoms with Crippen LogP contribution in [0.2, 0.25) is 0 Å². The third-order valence-electron chi connectivity index (χ3n) is 3.94. The zero-order valence-electron chi connectivity index (χ0n) is 12.6. The lowest BCUT2D eigenvalue weighted by molar-refractivity contribution is 0.189.